The van der Waals surface area contributed by atoms with Gasteiger partial charge in [-0.2, -0.15) is 0 Å². The maximum absolute atomic E-state index is 12.9. The SMILES string of the molecule is CCOc1cc(/C=C2/NC(=O)N(c3cccc(Cl)c3)C2=O)ccc1OCc1ccc(Br)cc1. The maximum Gasteiger partial charge on any atom is 0.333 e. The van der Waals surface area contributed by atoms with Crippen LogP contribution in [0.1, 0.15) is 18.1 Å². The van der Waals surface area contributed by atoms with Gasteiger partial charge in [0.15, 0.2) is 11.5 Å². The number of amides is 3. The lowest BCUT2D eigenvalue weighted by molar-refractivity contribution is -0.113. The summed E-state index contributed by atoms with van der Waals surface area (Å²) in [6.45, 7) is 2.72. The number of hydrogen-bond donors (Lipinski definition) is 1. The monoisotopic (exact) mass is 526 g/mol. The standard InChI is InChI=1S/C25H20BrClN2O4/c1-2-32-23-13-17(8-11-22(23)33-15-16-6-9-18(26)10-7-16)12-21-24(30)29(25(31)28-21)20-5-3-4-19(27)14-20/h3-14H,2,15H2,1H3,(H,28,31)/b21-12+. The molecule has 0 aromatic heterocycles. The van der Waals surface area contributed by atoms with Crippen molar-refractivity contribution in [2.75, 3.05) is 11.5 Å². The Morgan fingerprint density at radius 2 is 1.79 bits per heavy atom. The van der Waals surface area contributed by atoms with Crippen LogP contribution in [0.15, 0.2) is 76.9 Å². The van der Waals surface area contributed by atoms with E-state index < -0.39 is 11.9 Å². The lowest BCUT2D eigenvalue weighted by Crippen LogP contribution is -2.30. The Bertz CT molecular complexity index is 1230. The molecular formula is C25H20BrClN2O4. The first-order chi connectivity index (χ1) is 15.9. The number of anilines is 1. The average Bonchev–Trinajstić information content (AvgIpc) is 3.07. The molecule has 0 radical (unpaired) electrons. The minimum absolute atomic E-state index is 0.158. The molecule has 0 spiro atoms. The summed E-state index contributed by atoms with van der Waals surface area (Å²) in [6.07, 6.45) is 1.60. The molecule has 6 nitrogen and oxygen atoms in total. The van der Waals surface area contributed by atoms with Gasteiger partial charge in [0, 0.05) is 9.50 Å². The number of hydrogen-bond acceptors (Lipinski definition) is 4. The fraction of sp³-hybridized carbons (Fsp3) is 0.120. The summed E-state index contributed by atoms with van der Waals surface area (Å²) in [6, 6.07) is 19.3. The van der Waals surface area contributed by atoms with Crippen LogP contribution in [0.2, 0.25) is 5.02 Å². The van der Waals surface area contributed by atoms with Crippen LogP contribution in [0, 0.1) is 0 Å². The Labute approximate surface area is 204 Å². The molecular weight excluding hydrogens is 508 g/mol. The molecule has 1 fully saturated rings. The quantitative estimate of drug-likeness (QED) is 0.294. The second-order valence-corrected chi connectivity index (χ2v) is 8.52. The molecule has 0 aliphatic carbocycles. The van der Waals surface area contributed by atoms with E-state index in [4.69, 9.17) is 21.1 Å². The number of nitrogens with one attached hydrogen (secondary N) is 1. The Morgan fingerprint density at radius 1 is 1.00 bits per heavy atom. The molecule has 0 unspecified atom stereocenters. The number of carbonyl (C=O) groups excluding carboxylic acids is 2. The smallest absolute Gasteiger partial charge is 0.333 e. The summed E-state index contributed by atoms with van der Waals surface area (Å²) in [4.78, 5) is 26.3. The van der Waals surface area contributed by atoms with Crippen molar-refractivity contribution in [2.24, 2.45) is 0 Å². The van der Waals surface area contributed by atoms with Gasteiger partial charge in [0.1, 0.15) is 12.3 Å². The van der Waals surface area contributed by atoms with Gasteiger partial charge in [-0.3, -0.25) is 4.79 Å². The Kier molecular flexibility index (Phi) is 7.01. The third-order valence-electron chi connectivity index (χ3n) is 4.83. The first-order valence-electron chi connectivity index (χ1n) is 10.2. The fourth-order valence-electron chi connectivity index (χ4n) is 3.30. The highest BCUT2D eigenvalue weighted by molar-refractivity contribution is 9.10. The molecule has 0 bridgehead atoms. The normalized spacial score (nSPS) is 14.5. The van der Waals surface area contributed by atoms with Crippen molar-refractivity contribution in [3.8, 4) is 11.5 Å². The highest BCUT2D eigenvalue weighted by Crippen LogP contribution is 2.31. The summed E-state index contributed by atoms with van der Waals surface area (Å²) < 4.78 is 12.7. The predicted molar refractivity (Wildman–Crippen MR) is 132 cm³/mol. The van der Waals surface area contributed by atoms with Crippen molar-refractivity contribution in [3.63, 3.8) is 0 Å². The number of urea groups is 1. The third kappa shape index (κ3) is 5.38. The third-order valence-corrected chi connectivity index (χ3v) is 5.59. The summed E-state index contributed by atoms with van der Waals surface area (Å²) >= 11 is 9.43. The Morgan fingerprint density at radius 3 is 2.52 bits per heavy atom. The number of benzene rings is 3. The van der Waals surface area contributed by atoms with Crippen molar-refractivity contribution in [2.45, 2.75) is 13.5 Å². The average molecular weight is 528 g/mol. The van der Waals surface area contributed by atoms with Gasteiger partial charge < -0.3 is 14.8 Å². The molecule has 0 saturated carbocycles. The number of nitrogens with zero attached hydrogens (tertiary/aromatic N) is 1. The number of imide groups is 1. The van der Waals surface area contributed by atoms with E-state index in [0.29, 0.717) is 41.0 Å². The molecule has 3 aromatic rings. The molecule has 168 valence electrons. The number of carbonyl (C=O) groups is 2. The highest BCUT2D eigenvalue weighted by atomic mass is 79.9. The number of rotatable bonds is 7. The summed E-state index contributed by atoms with van der Waals surface area (Å²) in [7, 11) is 0. The number of ether oxygens (including phenoxy) is 2. The van der Waals surface area contributed by atoms with Gasteiger partial charge in [-0.05, 0) is 66.6 Å². The van der Waals surface area contributed by atoms with E-state index in [1.165, 1.54) is 0 Å². The van der Waals surface area contributed by atoms with Gasteiger partial charge in [-0.1, -0.05) is 51.8 Å². The van der Waals surface area contributed by atoms with Crippen LogP contribution >= 0.6 is 27.5 Å². The first-order valence-corrected chi connectivity index (χ1v) is 11.4. The second-order valence-electron chi connectivity index (χ2n) is 7.16. The van der Waals surface area contributed by atoms with Crippen LogP contribution in [-0.2, 0) is 11.4 Å². The molecule has 1 aliphatic heterocycles. The molecule has 3 aromatic carbocycles. The van der Waals surface area contributed by atoms with E-state index in [9.17, 15) is 9.59 Å². The Hall–Kier alpha value is -3.29. The van der Waals surface area contributed by atoms with E-state index in [0.717, 1.165) is 14.9 Å². The molecule has 0 atom stereocenters. The van der Waals surface area contributed by atoms with Gasteiger partial charge in [0.05, 0.1) is 12.3 Å². The van der Waals surface area contributed by atoms with Crippen LogP contribution in [0.25, 0.3) is 6.08 Å². The lowest BCUT2D eigenvalue weighted by Gasteiger charge is -2.13. The van der Waals surface area contributed by atoms with Gasteiger partial charge in [-0.25, -0.2) is 9.69 Å². The van der Waals surface area contributed by atoms with E-state index in [1.807, 2.05) is 31.2 Å². The Balaban J connectivity index is 1.55. The van der Waals surface area contributed by atoms with Crippen LogP contribution in [-0.4, -0.2) is 18.5 Å². The molecule has 3 amide bonds. The molecule has 1 heterocycles. The van der Waals surface area contributed by atoms with Gasteiger partial charge >= 0.3 is 6.03 Å². The predicted octanol–water partition coefficient (Wildman–Crippen LogP) is 6.18. The summed E-state index contributed by atoms with van der Waals surface area (Å²) in [5, 5.41) is 3.05. The topological polar surface area (TPSA) is 67.9 Å². The lowest BCUT2D eigenvalue weighted by atomic mass is 10.1. The van der Waals surface area contributed by atoms with E-state index in [2.05, 4.69) is 21.2 Å². The van der Waals surface area contributed by atoms with Crippen LogP contribution in [0.3, 0.4) is 0 Å². The number of halogens is 2. The zero-order chi connectivity index (χ0) is 23.4. The summed E-state index contributed by atoms with van der Waals surface area (Å²) in [5.74, 6) is 0.674. The maximum atomic E-state index is 12.9. The molecule has 8 heteroatoms. The molecule has 33 heavy (non-hydrogen) atoms. The van der Waals surface area contributed by atoms with Gasteiger partial charge in [0.25, 0.3) is 5.91 Å². The fourth-order valence-corrected chi connectivity index (χ4v) is 3.74. The zero-order valence-electron chi connectivity index (χ0n) is 17.7. The highest BCUT2D eigenvalue weighted by Gasteiger charge is 2.35. The minimum atomic E-state index is -0.534. The van der Waals surface area contributed by atoms with Crippen molar-refractivity contribution in [1.82, 2.24) is 5.32 Å². The van der Waals surface area contributed by atoms with Gasteiger partial charge in [-0.15, -0.1) is 0 Å². The largest absolute Gasteiger partial charge is 0.490 e. The zero-order valence-corrected chi connectivity index (χ0v) is 20.0. The van der Waals surface area contributed by atoms with E-state index in [1.54, 1.807) is 48.5 Å². The van der Waals surface area contributed by atoms with Crippen LogP contribution < -0.4 is 19.7 Å². The van der Waals surface area contributed by atoms with Crippen molar-refractivity contribution >= 4 is 51.2 Å². The molecule has 1 aliphatic rings. The molecule has 1 N–H and O–H groups in total. The van der Waals surface area contributed by atoms with Crippen molar-refractivity contribution in [1.29, 1.82) is 0 Å². The van der Waals surface area contributed by atoms with Crippen LogP contribution in [0.4, 0.5) is 10.5 Å². The summed E-state index contributed by atoms with van der Waals surface area (Å²) in [5.41, 5.74) is 2.27. The second kappa shape index (κ2) is 10.1. The minimum Gasteiger partial charge on any atom is -0.490 e. The molecule has 4 rings (SSSR count). The molecule has 1 saturated heterocycles. The van der Waals surface area contributed by atoms with Crippen molar-refractivity contribution < 1.29 is 19.1 Å². The van der Waals surface area contributed by atoms with Crippen molar-refractivity contribution in [3.05, 3.63) is 93.0 Å². The first kappa shape index (κ1) is 22.9. The van der Waals surface area contributed by atoms with Gasteiger partial charge in [0.2, 0.25) is 0 Å². The van der Waals surface area contributed by atoms with Crippen LogP contribution in [0.5, 0.6) is 11.5 Å². The van der Waals surface area contributed by atoms with E-state index >= 15 is 0 Å². The van der Waals surface area contributed by atoms with E-state index in [-0.39, 0.29) is 5.70 Å².